The van der Waals surface area contributed by atoms with Crippen molar-refractivity contribution in [2.75, 3.05) is 13.1 Å². The molecule has 0 aromatic heterocycles. The third kappa shape index (κ3) is 4.11. The van der Waals surface area contributed by atoms with E-state index in [0.29, 0.717) is 23.9 Å². The van der Waals surface area contributed by atoms with Crippen molar-refractivity contribution < 1.29 is 19.4 Å². The third-order valence-electron chi connectivity index (χ3n) is 3.55. The van der Waals surface area contributed by atoms with Crippen molar-refractivity contribution in [3.05, 3.63) is 29.3 Å². The van der Waals surface area contributed by atoms with E-state index in [4.69, 9.17) is 21.4 Å². The SMILES string of the molecule is CC(Oc1ccccc1Cl)C(=O)N1CCC(CC(=O)O)C1. The highest BCUT2D eigenvalue weighted by Gasteiger charge is 2.31. The lowest BCUT2D eigenvalue weighted by atomic mass is 10.1. The van der Waals surface area contributed by atoms with E-state index in [1.165, 1.54) is 0 Å². The van der Waals surface area contributed by atoms with Gasteiger partial charge in [-0.25, -0.2) is 0 Å². The van der Waals surface area contributed by atoms with E-state index in [9.17, 15) is 9.59 Å². The number of carboxylic acid groups (broad SMARTS) is 1. The van der Waals surface area contributed by atoms with Crippen LogP contribution in [0.2, 0.25) is 5.02 Å². The molecule has 0 saturated carbocycles. The minimum Gasteiger partial charge on any atom is -0.481 e. The maximum Gasteiger partial charge on any atom is 0.303 e. The molecule has 1 aromatic carbocycles. The van der Waals surface area contributed by atoms with Gasteiger partial charge in [-0.05, 0) is 31.4 Å². The molecule has 1 heterocycles. The smallest absolute Gasteiger partial charge is 0.303 e. The van der Waals surface area contributed by atoms with Gasteiger partial charge in [-0.2, -0.15) is 0 Å². The Labute approximate surface area is 128 Å². The summed E-state index contributed by atoms with van der Waals surface area (Å²) in [6, 6.07) is 6.99. The van der Waals surface area contributed by atoms with Crippen molar-refractivity contribution in [3.8, 4) is 5.75 Å². The molecule has 0 radical (unpaired) electrons. The third-order valence-corrected chi connectivity index (χ3v) is 3.86. The Kier molecular flexibility index (Phi) is 5.07. The molecule has 1 amide bonds. The van der Waals surface area contributed by atoms with Crippen LogP contribution < -0.4 is 4.74 Å². The van der Waals surface area contributed by atoms with E-state index in [0.717, 1.165) is 6.42 Å². The molecule has 0 spiro atoms. The van der Waals surface area contributed by atoms with Crippen molar-refractivity contribution >= 4 is 23.5 Å². The van der Waals surface area contributed by atoms with Gasteiger partial charge in [0.25, 0.3) is 5.91 Å². The zero-order valence-electron chi connectivity index (χ0n) is 11.8. The monoisotopic (exact) mass is 311 g/mol. The van der Waals surface area contributed by atoms with Crippen molar-refractivity contribution in [2.45, 2.75) is 25.9 Å². The van der Waals surface area contributed by atoms with Gasteiger partial charge in [0, 0.05) is 19.5 Å². The zero-order valence-corrected chi connectivity index (χ0v) is 12.5. The summed E-state index contributed by atoms with van der Waals surface area (Å²) in [4.78, 5) is 24.7. The van der Waals surface area contributed by atoms with Crippen molar-refractivity contribution in [1.29, 1.82) is 0 Å². The lowest BCUT2D eigenvalue weighted by molar-refractivity contribution is -0.139. The normalized spacial score (nSPS) is 19.3. The molecule has 1 fully saturated rings. The molecule has 0 bridgehead atoms. The van der Waals surface area contributed by atoms with E-state index in [2.05, 4.69) is 0 Å². The fraction of sp³-hybridized carbons (Fsp3) is 0.467. The maximum absolute atomic E-state index is 12.3. The molecule has 1 aromatic rings. The van der Waals surface area contributed by atoms with Crippen LogP contribution in [0.4, 0.5) is 0 Å². The summed E-state index contributed by atoms with van der Waals surface area (Å²) in [6.07, 6.45) is 0.175. The minimum atomic E-state index is -0.824. The van der Waals surface area contributed by atoms with Gasteiger partial charge in [-0.15, -0.1) is 0 Å². The summed E-state index contributed by atoms with van der Waals surface area (Å²) in [6.45, 7) is 2.73. The molecule has 2 rings (SSSR count). The summed E-state index contributed by atoms with van der Waals surface area (Å²) in [7, 11) is 0. The highest BCUT2D eigenvalue weighted by molar-refractivity contribution is 6.32. The number of halogens is 1. The number of carbonyl (C=O) groups excluding carboxylic acids is 1. The van der Waals surface area contributed by atoms with E-state index in [1.807, 2.05) is 0 Å². The Bertz CT molecular complexity index is 534. The number of rotatable bonds is 5. The number of amides is 1. The molecule has 1 aliphatic rings. The largest absolute Gasteiger partial charge is 0.481 e. The molecule has 1 aliphatic heterocycles. The average Bonchev–Trinajstić information content (AvgIpc) is 2.88. The Hall–Kier alpha value is -1.75. The Morgan fingerprint density at radius 3 is 2.86 bits per heavy atom. The molecule has 2 unspecified atom stereocenters. The molecule has 21 heavy (non-hydrogen) atoms. The predicted molar refractivity (Wildman–Crippen MR) is 78.5 cm³/mol. The standard InChI is InChI=1S/C15H18ClNO4/c1-10(21-13-5-3-2-4-12(13)16)15(20)17-7-6-11(9-17)8-14(18)19/h2-5,10-11H,6-9H2,1H3,(H,18,19). The number of likely N-dealkylation sites (tertiary alicyclic amines) is 1. The summed E-state index contributed by atoms with van der Waals surface area (Å²) >= 11 is 6.00. The number of nitrogens with zero attached hydrogens (tertiary/aromatic N) is 1. The fourth-order valence-corrected chi connectivity index (χ4v) is 2.66. The van der Waals surface area contributed by atoms with Crippen molar-refractivity contribution in [1.82, 2.24) is 4.90 Å². The quantitative estimate of drug-likeness (QED) is 0.907. The molecular formula is C15H18ClNO4. The average molecular weight is 312 g/mol. The lowest BCUT2D eigenvalue weighted by Crippen LogP contribution is -2.39. The van der Waals surface area contributed by atoms with Gasteiger partial charge in [0.1, 0.15) is 5.75 Å². The molecule has 0 aliphatic carbocycles. The van der Waals surface area contributed by atoms with Gasteiger partial charge < -0.3 is 14.7 Å². The van der Waals surface area contributed by atoms with Gasteiger partial charge in [0.15, 0.2) is 6.10 Å². The van der Waals surface area contributed by atoms with Crippen molar-refractivity contribution in [3.63, 3.8) is 0 Å². The highest BCUT2D eigenvalue weighted by atomic mass is 35.5. The fourth-order valence-electron chi connectivity index (χ4n) is 2.48. The van der Waals surface area contributed by atoms with Crippen LogP contribution in [-0.2, 0) is 9.59 Å². The van der Waals surface area contributed by atoms with Crippen LogP contribution in [0, 0.1) is 5.92 Å². The van der Waals surface area contributed by atoms with Gasteiger partial charge in [-0.1, -0.05) is 23.7 Å². The van der Waals surface area contributed by atoms with E-state index < -0.39 is 12.1 Å². The molecule has 6 heteroatoms. The number of ether oxygens (including phenoxy) is 1. The predicted octanol–water partition coefficient (Wildman–Crippen LogP) is 2.43. The van der Waals surface area contributed by atoms with Gasteiger partial charge >= 0.3 is 5.97 Å². The molecule has 2 atom stereocenters. The van der Waals surface area contributed by atoms with Crippen LogP contribution in [0.15, 0.2) is 24.3 Å². The second-order valence-corrected chi connectivity index (χ2v) is 5.63. The number of aliphatic carboxylic acids is 1. The maximum atomic E-state index is 12.3. The van der Waals surface area contributed by atoms with Gasteiger partial charge in [-0.3, -0.25) is 9.59 Å². The summed E-state index contributed by atoms with van der Waals surface area (Å²) in [5.41, 5.74) is 0. The van der Waals surface area contributed by atoms with Crippen LogP contribution in [0.1, 0.15) is 19.8 Å². The van der Waals surface area contributed by atoms with Gasteiger partial charge in [0.05, 0.1) is 5.02 Å². The molecule has 5 nitrogen and oxygen atoms in total. The first-order valence-corrected chi connectivity index (χ1v) is 7.27. The summed E-state index contributed by atoms with van der Waals surface area (Å²) < 4.78 is 5.60. The molecule has 1 N–H and O–H groups in total. The minimum absolute atomic E-state index is 0.0268. The van der Waals surface area contributed by atoms with E-state index >= 15 is 0 Å². The van der Waals surface area contributed by atoms with Crippen LogP contribution >= 0.6 is 11.6 Å². The molecule has 114 valence electrons. The second-order valence-electron chi connectivity index (χ2n) is 5.23. The van der Waals surface area contributed by atoms with Crippen LogP contribution in [0.5, 0.6) is 5.75 Å². The second kappa shape index (κ2) is 6.80. The Balaban J connectivity index is 1.91. The molecular weight excluding hydrogens is 294 g/mol. The Morgan fingerprint density at radius 1 is 1.48 bits per heavy atom. The zero-order chi connectivity index (χ0) is 15.4. The van der Waals surface area contributed by atoms with Crippen LogP contribution in [0.25, 0.3) is 0 Å². The Morgan fingerprint density at radius 2 is 2.19 bits per heavy atom. The number of hydrogen-bond acceptors (Lipinski definition) is 3. The first-order chi connectivity index (χ1) is 9.97. The number of para-hydroxylation sites is 1. The number of hydrogen-bond donors (Lipinski definition) is 1. The lowest BCUT2D eigenvalue weighted by Gasteiger charge is -2.22. The number of carbonyl (C=O) groups is 2. The van der Waals surface area contributed by atoms with E-state index in [1.54, 1.807) is 36.1 Å². The highest BCUT2D eigenvalue weighted by Crippen LogP contribution is 2.26. The summed E-state index contributed by atoms with van der Waals surface area (Å²) in [5.74, 6) is -0.460. The topological polar surface area (TPSA) is 66.8 Å². The van der Waals surface area contributed by atoms with E-state index in [-0.39, 0.29) is 18.2 Å². The summed E-state index contributed by atoms with van der Waals surface area (Å²) in [5, 5.41) is 9.25. The first kappa shape index (κ1) is 15.6. The van der Waals surface area contributed by atoms with Gasteiger partial charge in [0.2, 0.25) is 0 Å². The van der Waals surface area contributed by atoms with Crippen molar-refractivity contribution in [2.24, 2.45) is 5.92 Å². The number of benzene rings is 1. The van der Waals surface area contributed by atoms with Crippen LogP contribution in [0.3, 0.4) is 0 Å². The first-order valence-electron chi connectivity index (χ1n) is 6.89. The van der Waals surface area contributed by atoms with Crippen LogP contribution in [-0.4, -0.2) is 41.1 Å². The number of carboxylic acids is 1. The molecule has 1 saturated heterocycles.